The highest BCUT2D eigenvalue weighted by molar-refractivity contribution is 9.10. The molecule has 2 aromatic rings. The van der Waals surface area contributed by atoms with Gasteiger partial charge in [0, 0.05) is 4.47 Å². The molecule has 0 heterocycles. The third-order valence-corrected chi connectivity index (χ3v) is 4.29. The van der Waals surface area contributed by atoms with E-state index in [4.69, 9.17) is 5.84 Å². The van der Waals surface area contributed by atoms with Crippen LogP contribution in [0.1, 0.15) is 33.9 Å². The van der Waals surface area contributed by atoms with Gasteiger partial charge in [0.25, 0.3) is 0 Å². The average molecular weight is 319 g/mol. The summed E-state index contributed by atoms with van der Waals surface area (Å²) >= 11 is 3.58. The van der Waals surface area contributed by atoms with E-state index in [0.29, 0.717) is 0 Å². The van der Waals surface area contributed by atoms with E-state index in [2.05, 4.69) is 78.5 Å². The van der Waals surface area contributed by atoms with Crippen LogP contribution in [0.3, 0.4) is 0 Å². The Morgan fingerprint density at radius 2 is 1.74 bits per heavy atom. The first kappa shape index (κ1) is 14.3. The Morgan fingerprint density at radius 3 is 2.32 bits per heavy atom. The SMILES string of the molecule is Cc1ccc(C(NN)c2ccc(C)c(Br)c2)c(C)c1. The Hall–Kier alpha value is -1.16. The van der Waals surface area contributed by atoms with Crippen molar-refractivity contribution in [1.82, 2.24) is 5.43 Å². The molecule has 1 unspecified atom stereocenters. The van der Waals surface area contributed by atoms with Crippen LogP contribution >= 0.6 is 15.9 Å². The van der Waals surface area contributed by atoms with E-state index in [9.17, 15) is 0 Å². The normalized spacial score (nSPS) is 12.5. The van der Waals surface area contributed by atoms with Crippen LogP contribution in [0.4, 0.5) is 0 Å². The van der Waals surface area contributed by atoms with Gasteiger partial charge in [0.1, 0.15) is 0 Å². The molecule has 19 heavy (non-hydrogen) atoms. The quantitative estimate of drug-likeness (QED) is 0.664. The predicted molar refractivity (Wildman–Crippen MR) is 84.0 cm³/mol. The van der Waals surface area contributed by atoms with Gasteiger partial charge in [-0.25, -0.2) is 5.43 Å². The van der Waals surface area contributed by atoms with Gasteiger partial charge in [0.15, 0.2) is 0 Å². The van der Waals surface area contributed by atoms with Crippen LogP contribution in [-0.4, -0.2) is 0 Å². The minimum Gasteiger partial charge on any atom is -0.271 e. The molecule has 0 aliphatic carbocycles. The highest BCUT2D eigenvalue weighted by atomic mass is 79.9. The Bertz CT molecular complexity index is 593. The van der Waals surface area contributed by atoms with Crippen molar-refractivity contribution in [3.05, 3.63) is 68.7 Å². The Kier molecular flexibility index (Phi) is 4.40. The van der Waals surface area contributed by atoms with Crippen molar-refractivity contribution in [2.24, 2.45) is 5.84 Å². The van der Waals surface area contributed by atoms with Gasteiger partial charge >= 0.3 is 0 Å². The zero-order valence-corrected chi connectivity index (χ0v) is 13.1. The van der Waals surface area contributed by atoms with Crippen LogP contribution < -0.4 is 11.3 Å². The van der Waals surface area contributed by atoms with Gasteiger partial charge in [0.05, 0.1) is 6.04 Å². The van der Waals surface area contributed by atoms with Gasteiger partial charge in [0.2, 0.25) is 0 Å². The highest BCUT2D eigenvalue weighted by Crippen LogP contribution is 2.28. The molecule has 0 bridgehead atoms. The number of nitrogens with one attached hydrogen (secondary N) is 1. The molecular weight excluding hydrogens is 300 g/mol. The summed E-state index contributed by atoms with van der Waals surface area (Å²) < 4.78 is 1.11. The van der Waals surface area contributed by atoms with E-state index in [0.717, 1.165) is 10.0 Å². The maximum Gasteiger partial charge on any atom is 0.0713 e. The zero-order chi connectivity index (χ0) is 14.0. The number of nitrogens with two attached hydrogens (primary N) is 1. The smallest absolute Gasteiger partial charge is 0.0713 e. The fourth-order valence-electron chi connectivity index (χ4n) is 2.30. The van der Waals surface area contributed by atoms with E-state index in [-0.39, 0.29) is 6.04 Å². The molecule has 0 saturated carbocycles. The van der Waals surface area contributed by atoms with Gasteiger partial charge in [-0.2, -0.15) is 0 Å². The van der Waals surface area contributed by atoms with Crippen LogP contribution in [-0.2, 0) is 0 Å². The molecule has 0 aliphatic rings. The second-order valence-electron chi connectivity index (χ2n) is 4.97. The fourth-order valence-corrected chi connectivity index (χ4v) is 2.70. The highest BCUT2D eigenvalue weighted by Gasteiger charge is 2.15. The first-order chi connectivity index (χ1) is 9.02. The number of hydrazine groups is 1. The molecule has 0 amide bonds. The maximum atomic E-state index is 5.77. The Morgan fingerprint density at radius 1 is 1.00 bits per heavy atom. The van der Waals surface area contributed by atoms with Crippen LogP contribution in [0, 0.1) is 20.8 Å². The molecule has 0 aromatic heterocycles. The number of hydrogen-bond donors (Lipinski definition) is 2. The van der Waals surface area contributed by atoms with Crippen molar-refractivity contribution < 1.29 is 0 Å². The molecule has 0 fully saturated rings. The van der Waals surface area contributed by atoms with E-state index in [1.165, 1.54) is 22.3 Å². The molecule has 3 N–H and O–H groups in total. The number of aryl methyl sites for hydroxylation is 3. The summed E-state index contributed by atoms with van der Waals surface area (Å²) in [6.45, 7) is 6.30. The molecule has 100 valence electrons. The van der Waals surface area contributed by atoms with Crippen molar-refractivity contribution in [2.75, 3.05) is 0 Å². The average Bonchev–Trinajstić information content (AvgIpc) is 2.37. The summed E-state index contributed by atoms with van der Waals surface area (Å²) in [6, 6.07) is 12.8. The fraction of sp³-hybridized carbons (Fsp3) is 0.250. The second kappa shape index (κ2) is 5.87. The third kappa shape index (κ3) is 3.06. The van der Waals surface area contributed by atoms with E-state index < -0.39 is 0 Å². The lowest BCUT2D eigenvalue weighted by Gasteiger charge is -2.20. The van der Waals surface area contributed by atoms with Crippen LogP contribution in [0.25, 0.3) is 0 Å². The summed E-state index contributed by atoms with van der Waals surface area (Å²) in [5.41, 5.74) is 9.03. The number of halogens is 1. The van der Waals surface area contributed by atoms with Crippen LogP contribution in [0.5, 0.6) is 0 Å². The standard InChI is InChI=1S/C16H19BrN2/c1-10-4-7-14(12(3)8-10)16(19-18)13-6-5-11(2)15(17)9-13/h4-9,16,19H,18H2,1-3H3. The zero-order valence-electron chi connectivity index (χ0n) is 11.5. The van der Waals surface area contributed by atoms with Crippen molar-refractivity contribution in [3.63, 3.8) is 0 Å². The van der Waals surface area contributed by atoms with Gasteiger partial charge in [-0.1, -0.05) is 51.8 Å². The lowest BCUT2D eigenvalue weighted by Crippen LogP contribution is -2.29. The lowest BCUT2D eigenvalue weighted by atomic mass is 9.94. The molecule has 3 heteroatoms. The summed E-state index contributed by atoms with van der Waals surface area (Å²) in [5, 5.41) is 0. The molecule has 2 rings (SSSR count). The topological polar surface area (TPSA) is 38.0 Å². The molecule has 1 atom stereocenters. The number of benzene rings is 2. The molecular formula is C16H19BrN2. The molecule has 0 saturated heterocycles. The maximum absolute atomic E-state index is 5.77. The molecule has 0 aliphatic heterocycles. The molecule has 2 nitrogen and oxygen atoms in total. The lowest BCUT2D eigenvalue weighted by molar-refractivity contribution is 0.633. The van der Waals surface area contributed by atoms with Gasteiger partial charge < -0.3 is 0 Å². The molecule has 0 radical (unpaired) electrons. The van der Waals surface area contributed by atoms with E-state index in [1.807, 2.05) is 0 Å². The van der Waals surface area contributed by atoms with Crippen molar-refractivity contribution in [3.8, 4) is 0 Å². The number of rotatable bonds is 3. The summed E-state index contributed by atoms with van der Waals surface area (Å²) in [5.74, 6) is 5.77. The Labute approximate surface area is 123 Å². The minimum atomic E-state index is 0.0116. The summed E-state index contributed by atoms with van der Waals surface area (Å²) in [4.78, 5) is 0. The monoisotopic (exact) mass is 318 g/mol. The predicted octanol–water partition coefficient (Wildman–Crippen LogP) is 3.93. The second-order valence-corrected chi connectivity index (χ2v) is 5.82. The minimum absolute atomic E-state index is 0.0116. The van der Waals surface area contributed by atoms with Crippen molar-refractivity contribution in [1.29, 1.82) is 0 Å². The van der Waals surface area contributed by atoms with E-state index >= 15 is 0 Å². The summed E-state index contributed by atoms with van der Waals surface area (Å²) in [6.07, 6.45) is 0. The Balaban J connectivity index is 2.46. The van der Waals surface area contributed by atoms with Gasteiger partial charge in [-0.15, -0.1) is 0 Å². The number of hydrogen-bond acceptors (Lipinski definition) is 2. The first-order valence-corrected chi connectivity index (χ1v) is 7.11. The van der Waals surface area contributed by atoms with E-state index in [1.54, 1.807) is 0 Å². The molecule has 0 spiro atoms. The molecule has 2 aromatic carbocycles. The first-order valence-electron chi connectivity index (χ1n) is 6.32. The van der Waals surface area contributed by atoms with Gasteiger partial charge in [-0.05, 0) is 49.1 Å². The van der Waals surface area contributed by atoms with Crippen LogP contribution in [0.2, 0.25) is 0 Å². The van der Waals surface area contributed by atoms with Crippen molar-refractivity contribution in [2.45, 2.75) is 26.8 Å². The van der Waals surface area contributed by atoms with Gasteiger partial charge in [-0.3, -0.25) is 5.84 Å². The third-order valence-electron chi connectivity index (χ3n) is 3.43. The summed E-state index contributed by atoms with van der Waals surface area (Å²) in [7, 11) is 0. The van der Waals surface area contributed by atoms with Crippen LogP contribution in [0.15, 0.2) is 40.9 Å². The van der Waals surface area contributed by atoms with Crippen molar-refractivity contribution >= 4 is 15.9 Å². The largest absolute Gasteiger partial charge is 0.271 e.